The molecule has 0 spiro atoms. The van der Waals surface area contributed by atoms with Crippen molar-refractivity contribution in [3.8, 4) is 0 Å². The molecule has 2 heterocycles. The molecular weight excluding hydrogens is 339 g/mol. The number of nitrogens with zero attached hydrogens (tertiary/aromatic N) is 3. The lowest BCUT2D eigenvalue weighted by atomic mass is 10.1. The standard InChI is InChI=1S/C13H11IN4/c14-10-1-2-12-13(7-10)15-5-4-11(18-12)9-3-6-16-17-8-9/h1-3,6-8,15H,4-5H2. The van der Waals surface area contributed by atoms with Crippen molar-refractivity contribution in [2.24, 2.45) is 4.99 Å². The zero-order valence-electron chi connectivity index (χ0n) is 9.60. The van der Waals surface area contributed by atoms with Crippen LogP contribution in [0.1, 0.15) is 12.0 Å². The predicted octanol–water partition coefficient (Wildman–Crippen LogP) is 3.02. The van der Waals surface area contributed by atoms with Crippen molar-refractivity contribution in [2.75, 3.05) is 11.9 Å². The fourth-order valence-corrected chi connectivity index (χ4v) is 2.43. The van der Waals surface area contributed by atoms with Crippen molar-refractivity contribution >= 4 is 39.7 Å². The third-order valence-corrected chi connectivity index (χ3v) is 3.48. The van der Waals surface area contributed by atoms with Gasteiger partial charge in [0.1, 0.15) is 0 Å². The van der Waals surface area contributed by atoms with Crippen LogP contribution in [0.15, 0.2) is 41.7 Å². The van der Waals surface area contributed by atoms with E-state index in [4.69, 9.17) is 4.99 Å². The molecule has 18 heavy (non-hydrogen) atoms. The largest absolute Gasteiger partial charge is 0.383 e. The first-order valence-corrected chi connectivity index (χ1v) is 6.79. The molecule has 0 unspecified atom stereocenters. The highest BCUT2D eigenvalue weighted by Gasteiger charge is 2.11. The average Bonchev–Trinajstić information content (AvgIpc) is 2.61. The minimum Gasteiger partial charge on any atom is -0.383 e. The molecule has 0 bridgehead atoms. The summed E-state index contributed by atoms with van der Waals surface area (Å²) in [6, 6.07) is 8.18. The van der Waals surface area contributed by atoms with Gasteiger partial charge in [0.05, 0.1) is 29.5 Å². The summed E-state index contributed by atoms with van der Waals surface area (Å²) in [6.07, 6.45) is 4.35. The SMILES string of the molecule is Ic1ccc2c(c1)NCCC(c1ccnnc1)=N2. The zero-order valence-corrected chi connectivity index (χ0v) is 11.8. The van der Waals surface area contributed by atoms with Crippen LogP contribution in [0, 0.1) is 3.57 Å². The Morgan fingerprint density at radius 3 is 2.94 bits per heavy atom. The lowest BCUT2D eigenvalue weighted by Gasteiger charge is -2.04. The number of halogens is 1. The summed E-state index contributed by atoms with van der Waals surface area (Å²) in [5.41, 5.74) is 4.18. The van der Waals surface area contributed by atoms with Crippen LogP contribution in [0.5, 0.6) is 0 Å². The van der Waals surface area contributed by atoms with Gasteiger partial charge in [0.2, 0.25) is 0 Å². The number of rotatable bonds is 1. The molecule has 5 heteroatoms. The zero-order chi connectivity index (χ0) is 12.4. The molecule has 1 aromatic carbocycles. The molecular formula is C13H11IN4. The number of anilines is 1. The van der Waals surface area contributed by atoms with Crippen molar-refractivity contribution in [3.63, 3.8) is 0 Å². The van der Waals surface area contributed by atoms with E-state index in [9.17, 15) is 0 Å². The van der Waals surface area contributed by atoms with Gasteiger partial charge in [0.25, 0.3) is 0 Å². The maximum Gasteiger partial charge on any atom is 0.0865 e. The second-order valence-electron chi connectivity index (χ2n) is 4.03. The van der Waals surface area contributed by atoms with Crippen molar-refractivity contribution in [1.29, 1.82) is 0 Å². The molecule has 0 radical (unpaired) electrons. The first-order valence-electron chi connectivity index (χ1n) is 5.71. The second-order valence-corrected chi connectivity index (χ2v) is 5.27. The van der Waals surface area contributed by atoms with E-state index in [-0.39, 0.29) is 0 Å². The third-order valence-electron chi connectivity index (χ3n) is 2.81. The van der Waals surface area contributed by atoms with Gasteiger partial charge in [-0.2, -0.15) is 10.2 Å². The molecule has 0 atom stereocenters. The van der Waals surface area contributed by atoms with Gasteiger partial charge >= 0.3 is 0 Å². The Morgan fingerprint density at radius 1 is 1.17 bits per heavy atom. The lowest BCUT2D eigenvalue weighted by Crippen LogP contribution is -2.07. The summed E-state index contributed by atoms with van der Waals surface area (Å²) in [5.74, 6) is 0. The molecule has 0 aliphatic carbocycles. The van der Waals surface area contributed by atoms with Crippen LogP contribution in [0.3, 0.4) is 0 Å². The first-order chi connectivity index (χ1) is 8.83. The Kier molecular flexibility index (Phi) is 3.22. The maximum atomic E-state index is 4.73. The number of hydrogen-bond acceptors (Lipinski definition) is 4. The minimum absolute atomic E-state index is 0.883. The predicted molar refractivity (Wildman–Crippen MR) is 80.5 cm³/mol. The lowest BCUT2D eigenvalue weighted by molar-refractivity contribution is 1.02. The summed E-state index contributed by atoms with van der Waals surface area (Å²) in [6.45, 7) is 0.883. The highest BCUT2D eigenvalue weighted by molar-refractivity contribution is 14.1. The van der Waals surface area contributed by atoms with Crippen molar-refractivity contribution in [3.05, 3.63) is 45.8 Å². The van der Waals surface area contributed by atoms with Crippen LogP contribution >= 0.6 is 22.6 Å². The quantitative estimate of drug-likeness (QED) is 0.805. The van der Waals surface area contributed by atoms with Gasteiger partial charge in [0.15, 0.2) is 0 Å². The molecule has 0 saturated heterocycles. The highest BCUT2D eigenvalue weighted by Crippen LogP contribution is 2.29. The number of aromatic nitrogens is 2. The average molecular weight is 350 g/mol. The van der Waals surface area contributed by atoms with Crippen molar-refractivity contribution < 1.29 is 0 Å². The van der Waals surface area contributed by atoms with E-state index < -0.39 is 0 Å². The molecule has 4 nitrogen and oxygen atoms in total. The summed E-state index contributed by atoms with van der Waals surface area (Å²) in [4.78, 5) is 4.73. The molecule has 1 aliphatic rings. The number of benzene rings is 1. The number of fused-ring (bicyclic) bond motifs is 1. The Bertz CT molecular complexity index is 595. The minimum atomic E-state index is 0.883. The van der Waals surface area contributed by atoms with Crippen molar-refractivity contribution in [1.82, 2.24) is 10.2 Å². The van der Waals surface area contributed by atoms with Gasteiger partial charge in [-0.15, -0.1) is 0 Å². The smallest absolute Gasteiger partial charge is 0.0865 e. The Labute approximate surface area is 119 Å². The van der Waals surface area contributed by atoms with Crippen molar-refractivity contribution in [2.45, 2.75) is 6.42 Å². The van der Waals surface area contributed by atoms with Crippen LogP contribution in [-0.2, 0) is 0 Å². The van der Waals surface area contributed by atoms with Gasteiger partial charge < -0.3 is 5.32 Å². The van der Waals surface area contributed by atoms with Crippen LogP contribution in [-0.4, -0.2) is 22.5 Å². The molecule has 2 aromatic rings. The normalized spacial score (nSPS) is 14.2. The molecule has 1 N–H and O–H groups in total. The second kappa shape index (κ2) is 5.01. The molecule has 0 fully saturated rings. The van der Waals surface area contributed by atoms with Gasteiger partial charge in [-0.3, -0.25) is 4.99 Å². The molecule has 3 rings (SSSR count). The molecule has 90 valence electrons. The number of nitrogens with one attached hydrogen (secondary N) is 1. The van der Waals surface area contributed by atoms with E-state index in [1.165, 1.54) is 3.57 Å². The summed E-state index contributed by atoms with van der Waals surface area (Å²) >= 11 is 2.31. The highest BCUT2D eigenvalue weighted by atomic mass is 127. The fraction of sp³-hybridized carbons (Fsp3) is 0.154. The van der Waals surface area contributed by atoms with Crippen LogP contribution in [0.2, 0.25) is 0 Å². The van der Waals surface area contributed by atoms with Gasteiger partial charge in [0, 0.05) is 22.1 Å². The van der Waals surface area contributed by atoms with Crippen LogP contribution in [0.4, 0.5) is 11.4 Å². The van der Waals surface area contributed by atoms with Crippen LogP contribution < -0.4 is 5.32 Å². The van der Waals surface area contributed by atoms with Gasteiger partial charge in [-0.05, 0) is 46.9 Å². The Balaban J connectivity index is 2.05. The summed E-state index contributed by atoms with van der Waals surface area (Å²) < 4.78 is 1.21. The fourth-order valence-electron chi connectivity index (χ4n) is 1.93. The van der Waals surface area contributed by atoms with E-state index in [1.54, 1.807) is 12.4 Å². The third kappa shape index (κ3) is 2.35. The maximum absolute atomic E-state index is 4.73. The summed E-state index contributed by atoms with van der Waals surface area (Å²) in [5, 5.41) is 11.1. The molecule has 1 aromatic heterocycles. The van der Waals surface area contributed by atoms with E-state index >= 15 is 0 Å². The molecule has 0 amide bonds. The number of aliphatic imine (C=N–C) groups is 1. The first kappa shape index (κ1) is 11.6. The topological polar surface area (TPSA) is 50.2 Å². The molecule has 1 aliphatic heterocycles. The van der Waals surface area contributed by atoms with E-state index in [0.717, 1.165) is 35.6 Å². The van der Waals surface area contributed by atoms with Gasteiger partial charge in [-0.25, -0.2) is 0 Å². The van der Waals surface area contributed by atoms with E-state index in [1.807, 2.05) is 12.1 Å². The molecule has 0 saturated carbocycles. The van der Waals surface area contributed by atoms with E-state index in [2.05, 4.69) is 50.2 Å². The Morgan fingerprint density at radius 2 is 2.11 bits per heavy atom. The monoisotopic (exact) mass is 350 g/mol. The Hall–Kier alpha value is -1.50. The van der Waals surface area contributed by atoms with Gasteiger partial charge in [-0.1, -0.05) is 0 Å². The number of hydrogen-bond donors (Lipinski definition) is 1. The van der Waals surface area contributed by atoms with E-state index in [0.29, 0.717) is 0 Å². The van der Waals surface area contributed by atoms with Crippen LogP contribution in [0.25, 0.3) is 0 Å². The summed E-state index contributed by atoms with van der Waals surface area (Å²) in [7, 11) is 0.